The van der Waals surface area contributed by atoms with E-state index in [-0.39, 0.29) is 0 Å². The zero-order valence-electron chi connectivity index (χ0n) is 10.9. The van der Waals surface area contributed by atoms with Crippen molar-refractivity contribution in [2.24, 2.45) is 0 Å². The number of aromatic nitrogens is 1. The third kappa shape index (κ3) is 5.92. The zero-order valence-corrected chi connectivity index (χ0v) is 12.4. The van der Waals surface area contributed by atoms with Crippen molar-refractivity contribution in [2.45, 2.75) is 51.3 Å². The van der Waals surface area contributed by atoms with E-state index >= 15 is 0 Å². The van der Waals surface area contributed by atoms with Crippen molar-refractivity contribution in [3.05, 3.63) is 22.8 Å². The second kappa shape index (κ2) is 9.46. The van der Waals surface area contributed by atoms with Crippen LogP contribution < -0.4 is 4.74 Å². The predicted molar refractivity (Wildman–Crippen MR) is 77.7 cm³/mol. The normalized spacial score (nSPS) is 10.6. The lowest BCUT2D eigenvalue weighted by molar-refractivity contribution is 0.292. The van der Waals surface area contributed by atoms with Crippen molar-refractivity contribution < 1.29 is 4.74 Å². The van der Waals surface area contributed by atoms with Crippen LogP contribution >= 0.6 is 23.2 Å². The van der Waals surface area contributed by atoms with E-state index in [0.29, 0.717) is 29.1 Å². The van der Waals surface area contributed by atoms with E-state index in [9.17, 15) is 0 Å². The van der Waals surface area contributed by atoms with Crippen LogP contribution in [0.3, 0.4) is 0 Å². The summed E-state index contributed by atoms with van der Waals surface area (Å²) < 4.78 is 5.58. The summed E-state index contributed by atoms with van der Waals surface area (Å²) in [6.07, 6.45) is 7.52. The number of hydrogen-bond donors (Lipinski definition) is 0. The topological polar surface area (TPSA) is 22.1 Å². The minimum absolute atomic E-state index is 0.313. The molecule has 0 saturated heterocycles. The number of unbranched alkanes of at least 4 members (excludes halogenated alkanes) is 5. The van der Waals surface area contributed by atoms with E-state index < -0.39 is 0 Å². The molecule has 0 aliphatic rings. The molecule has 0 N–H and O–H groups in total. The van der Waals surface area contributed by atoms with Crippen LogP contribution in [0, 0.1) is 0 Å². The Bertz CT molecular complexity index is 345. The first kappa shape index (κ1) is 15.6. The molecule has 1 heterocycles. The molecule has 0 bridgehead atoms. The molecule has 2 nitrogen and oxygen atoms in total. The fourth-order valence-corrected chi connectivity index (χ4v) is 2.14. The summed E-state index contributed by atoms with van der Waals surface area (Å²) in [5.41, 5.74) is 0.679. The lowest BCUT2D eigenvalue weighted by atomic mass is 10.1. The molecule has 4 heteroatoms. The Labute approximate surface area is 120 Å². The van der Waals surface area contributed by atoms with Crippen LogP contribution in [0.2, 0.25) is 5.02 Å². The van der Waals surface area contributed by atoms with Gasteiger partial charge in [0.05, 0.1) is 23.2 Å². The molecule has 0 spiro atoms. The van der Waals surface area contributed by atoms with Gasteiger partial charge in [-0.15, -0.1) is 11.6 Å². The zero-order chi connectivity index (χ0) is 13.2. The van der Waals surface area contributed by atoms with Crippen LogP contribution in [0.15, 0.2) is 12.1 Å². The maximum absolute atomic E-state index is 5.93. The molecule has 0 amide bonds. The summed E-state index contributed by atoms with van der Waals surface area (Å²) in [4.78, 5) is 4.25. The number of pyridine rings is 1. The minimum atomic E-state index is 0.313. The van der Waals surface area contributed by atoms with Gasteiger partial charge in [-0.25, -0.2) is 4.98 Å². The summed E-state index contributed by atoms with van der Waals surface area (Å²) in [7, 11) is 0. The predicted octanol–water partition coefficient (Wildman–Crippen LogP) is 5.21. The van der Waals surface area contributed by atoms with Gasteiger partial charge in [-0.1, -0.05) is 50.6 Å². The maximum atomic E-state index is 5.93. The summed E-state index contributed by atoms with van der Waals surface area (Å²) in [6.45, 7) is 2.94. The van der Waals surface area contributed by atoms with Crippen molar-refractivity contribution >= 4 is 23.2 Å². The van der Waals surface area contributed by atoms with E-state index in [1.165, 1.54) is 32.1 Å². The fraction of sp³-hybridized carbons (Fsp3) is 0.643. The number of rotatable bonds is 9. The van der Waals surface area contributed by atoms with Crippen molar-refractivity contribution in [2.75, 3.05) is 6.61 Å². The van der Waals surface area contributed by atoms with Crippen LogP contribution in [0.1, 0.15) is 51.1 Å². The van der Waals surface area contributed by atoms with Gasteiger partial charge in [0.15, 0.2) is 0 Å². The van der Waals surface area contributed by atoms with Gasteiger partial charge in [0.25, 0.3) is 0 Å². The second-order valence-electron chi connectivity index (χ2n) is 4.33. The Morgan fingerprint density at radius 1 is 1.11 bits per heavy atom. The number of halogens is 2. The third-order valence-electron chi connectivity index (χ3n) is 2.77. The highest BCUT2D eigenvalue weighted by atomic mass is 35.5. The Hall–Kier alpha value is -0.470. The molecule has 1 aromatic rings. The third-order valence-corrected chi connectivity index (χ3v) is 3.36. The van der Waals surface area contributed by atoms with Crippen LogP contribution in [-0.4, -0.2) is 11.6 Å². The van der Waals surface area contributed by atoms with Gasteiger partial charge < -0.3 is 4.74 Å². The molecule has 0 aromatic carbocycles. The van der Waals surface area contributed by atoms with E-state index in [4.69, 9.17) is 27.9 Å². The van der Waals surface area contributed by atoms with Crippen LogP contribution in [-0.2, 0) is 5.88 Å². The molecule has 1 aromatic heterocycles. The first-order valence-corrected chi connectivity index (χ1v) is 7.53. The molecule has 0 aliphatic heterocycles. The molecule has 18 heavy (non-hydrogen) atoms. The first-order chi connectivity index (χ1) is 8.77. The highest BCUT2D eigenvalue weighted by Gasteiger charge is 2.03. The van der Waals surface area contributed by atoms with E-state index in [2.05, 4.69) is 11.9 Å². The van der Waals surface area contributed by atoms with Crippen LogP contribution in [0.25, 0.3) is 0 Å². The average Bonchev–Trinajstić information content (AvgIpc) is 2.39. The van der Waals surface area contributed by atoms with Gasteiger partial charge in [-0.2, -0.15) is 0 Å². The molecule has 0 atom stereocenters. The molecule has 0 aliphatic carbocycles. The van der Waals surface area contributed by atoms with Gasteiger partial charge in [0.2, 0.25) is 5.88 Å². The van der Waals surface area contributed by atoms with Crippen molar-refractivity contribution in [1.29, 1.82) is 0 Å². The van der Waals surface area contributed by atoms with Gasteiger partial charge in [0.1, 0.15) is 0 Å². The number of ether oxygens (including phenoxy) is 1. The molecule has 0 fully saturated rings. The minimum Gasteiger partial charge on any atom is -0.478 e. The van der Waals surface area contributed by atoms with Crippen molar-refractivity contribution in [1.82, 2.24) is 4.98 Å². The standard InChI is InChI=1S/C14H21Cl2NO/c1-2-3-4-5-6-7-10-18-14-9-8-12(16)13(11-15)17-14/h8-9H,2-7,10-11H2,1H3. The summed E-state index contributed by atoms with van der Waals surface area (Å²) in [5.74, 6) is 0.927. The SMILES string of the molecule is CCCCCCCCOc1ccc(Cl)c(CCl)n1. The molecule has 0 saturated carbocycles. The van der Waals surface area contributed by atoms with Crippen LogP contribution in [0.4, 0.5) is 0 Å². The monoisotopic (exact) mass is 289 g/mol. The Morgan fingerprint density at radius 3 is 2.56 bits per heavy atom. The van der Waals surface area contributed by atoms with Gasteiger partial charge in [0, 0.05) is 6.07 Å². The van der Waals surface area contributed by atoms with Gasteiger partial charge >= 0.3 is 0 Å². The number of nitrogens with zero attached hydrogens (tertiary/aromatic N) is 1. The maximum Gasteiger partial charge on any atom is 0.213 e. The van der Waals surface area contributed by atoms with Crippen molar-refractivity contribution in [3.8, 4) is 5.88 Å². The lowest BCUT2D eigenvalue weighted by Gasteiger charge is -2.07. The van der Waals surface area contributed by atoms with E-state index in [0.717, 1.165) is 6.42 Å². The van der Waals surface area contributed by atoms with Crippen molar-refractivity contribution in [3.63, 3.8) is 0 Å². The summed E-state index contributed by atoms with van der Waals surface area (Å²) in [6, 6.07) is 3.57. The Balaban J connectivity index is 2.19. The Kier molecular flexibility index (Phi) is 8.19. The largest absolute Gasteiger partial charge is 0.478 e. The lowest BCUT2D eigenvalue weighted by Crippen LogP contribution is -2.00. The smallest absolute Gasteiger partial charge is 0.213 e. The molecular formula is C14H21Cl2NO. The molecular weight excluding hydrogens is 269 g/mol. The van der Waals surface area contributed by atoms with Crippen LogP contribution in [0.5, 0.6) is 5.88 Å². The Morgan fingerprint density at radius 2 is 1.83 bits per heavy atom. The quantitative estimate of drug-likeness (QED) is 0.460. The highest BCUT2D eigenvalue weighted by Crippen LogP contribution is 2.19. The first-order valence-electron chi connectivity index (χ1n) is 6.62. The van der Waals surface area contributed by atoms with E-state index in [1.807, 2.05) is 0 Å². The summed E-state index contributed by atoms with van der Waals surface area (Å²) in [5, 5.41) is 0.594. The second-order valence-corrected chi connectivity index (χ2v) is 5.00. The summed E-state index contributed by atoms with van der Waals surface area (Å²) >= 11 is 11.7. The fourth-order valence-electron chi connectivity index (χ4n) is 1.70. The molecule has 102 valence electrons. The molecule has 1 rings (SSSR count). The number of alkyl halides is 1. The number of hydrogen-bond acceptors (Lipinski definition) is 2. The highest BCUT2D eigenvalue weighted by molar-refractivity contribution is 6.32. The van der Waals surface area contributed by atoms with Gasteiger partial charge in [-0.05, 0) is 12.5 Å². The van der Waals surface area contributed by atoms with Gasteiger partial charge in [-0.3, -0.25) is 0 Å². The molecule has 0 unspecified atom stereocenters. The van der Waals surface area contributed by atoms with E-state index in [1.54, 1.807) is 12.1 Å². The average molecular weight is 290 g/mol. The molecule has 0 radical (unpaired) electrons.